The molecule has 0 unspecified atom stereocenters. The zero-order valence-electron chi connectivity index (χ0n) is 11.9. The van der Waals surface area contributed by atoms with E-state index in [1.807, 2.05) is 19.9 Å². The van der Waals surface area contributed by atoms with Crippen molar-refractivity contribution in [2.24, 2.45) is 5.41 Å². The molecule has 20 heavy (non-hydrogen) atoms. The molecule has 2 N–H and O–H groups in total. The van der Waals surface area contributed by atoms with Gasteiger partial charge in [-0.1, -0.05) is 36.4 Å². The van der Waals surface area contributed by atoms with Crippen LogP contribution in [0.15, 0.2) is 42.1 Å². The fraction of sp³-hybridized carbons (Fsp3) is 0.235. The molecule has 1 saturated heterocycles. The van der Waals surface area contributed by atoms with Gasteiger partial charge in [0.2, 0.25) is 5.91 Å². The molecule has 0 aliphatic carbocycles. The molecule has 0 saturated carbocycles. The van der Waals surface area contributed by atoms with E-state index in [-0.39, 0.29) is 5.91 Å². The Balaban J connectivity index is 2.19. The molecule has 3 nitrogen and oxygen atoms in total. The molecule has 3 heteroatoms. The molecule has 1 heterocycles. The Hall–Kier alpha value is -2.29. The van der Waals surface area contributed by atoms with Gasteiger partial charge in [-0.25, -0.2) is 0 Å². The zero-order chi connectivity index (χ0) is 14.3. The average molecular weight is 266 g/mol. The number of benzene rings is 2. The lowest BCUT2D eigenvalue weighted by Gasteiger charge is -2.15. The van der Waals surface area contributed by atoms with Gasteiger partial charge in [-0.2, -0.15) is 0 Å². The van der Waals surface area contributed by atoms with E-state index in [0.29, 0.717) is 0 Å². The van der Waals surface area contributed by atoms with Crippen molar-refractivity contribution in [3.05, 3.63) is 53.2 Å². The smallest absolute Gasteiger partial charge is 0.249 e. The van der Waals surface area contributed by atoms with Crippen LogP contribution >= 0.6 is 0 Å². The second-order valence-electron chi connectivity index (χ2n) is 5.78. The van der Waals surface area contributed by atoms with Crippen molar-refractivity contribution in [1.29, 1.82) is 0 Å². The largest absolute Gasteiger partial charge is 0.302 e. The highest BCUT2D eigenvalue weighted by Crippen LogP contribution is 2.32. The quantitative estimate of drug-likeness (QED) is 0.832. The Morgan fingerprint density at radius 1 is 1.05 bits per heavy atom. The summed E-state index contributed by atoms with van der Waals surface area (Å²) in [6, 6.07) is 12.5. The van der Waals surface area contributed by atoms with Crippen LogP contribution in [0, 0.1) is 12.3 Å². The second-order valence-corrected chi connectivity index (χ2v) is 5.78. The van der Waals surface area contributed by atoms with Crippen LogP contribution in [0.2, 0.25) is 0 Å². The summed E-state index contributed by atoms with van der Waals surface area (Å²) in [6.07, 6.45) is 2.06. The lowest BCUT2D eigenvalue weighted by Crippen LogP contribution is -2.28. The summed E-state index contributed by atoms with van der Waals surface area (Å²) >= 11 is 0. The van der Waals surface area contributed by atoms with E-state index in [2.05, 4.69) is 54.2 Å². The Morgan fingerprint density at radius 3 is 2.40 bits per heavy atom. The van der Waals surface area contributed by atoms with Gasteiger partial charge in [-0.3, -0.25) is 10.2 Å². The van der Waals surface area contributed by atoms with Gasteiger partial charge in [-0.15, -0.1) is 0 Å². The second kappa shape index (κ2) is 4.37. The molecular weight excluding hydrogens is 248 g/mol. The number of nitrogens with one attached hydrogen (secondary N) is 2. The average Bonchev–Trinajstić information content (AvgIpc) is 2.66. The minimum atomic E-state index is -0.523. The minimum Gasteiger partial charge on any atom is -0.302 e. The number of aryl methyl sites for hydroxylation is 1. The van der Waals surface area contributed by atoms with E-state index in [1.165, 1.54) is 16.3 Å². The number of hydrogen-bond donors (Lipinski definition) is 2. The number of amides is 1. The van der Waals surface area contributed by atoms with E-state index < -0.39 is 5.41 Å². The summed E-state index contributed by atoms with van der Waals surface area (Å²) in [7, 11) is 0. The van der Waals surface area contributed by atoms with Crippen LogP contribution in [-0.2, 0) is 4.79 Å². The summed E-state index contributed by atoms with van der Waals surface area (Å²) in [6.45, 7) is 5.96. The third kappa shape index (κ3) is 1.86. The zero-order valence-corrected chi connectivity index (χ0v) is 11.9. The maximum absolute atomic E-state index is 11.8. The summed E-state index contributed by atoms with van der Waals surface area (Å²) in [5, 5.41) is 2.45. The van der Waals surface area contributed by atoms with Crippen molar-refractivity contribution in [2.75, 3.05) is 0 Å². The normalized spacial score (nSPS) is 19.1. The van der Waals surface area contributed by atoms with Gasteiger partial charge in [-0.05, 0) is 48.7 Å². The van der Waals surface area contributed by atoms with E-state index in [0.717, 1.165) is 11.3 Å². The van der Waals surface area contributed by atoms with Crippen LogP contribution in [0.3, 0.4) is 0 Å². The van der Waals surface area contributed by atoms with E-state index in [4.69, 9.17) is 0 Å². The first-order valence-corrected chi connectivity index (χ1v) is 6.77. The molecule has 0 bridgehead atoms. The number of rotatable bonds is 1. The highest BCUT2D eigenvalue weighted by molar-refractivity contribution is 5.95. The van der Waals surface area contributed by atoms with Crippen molar-refractivity contribution < 1.29 is 4.79 Å². The summed E-state index contributed by atoms with van der Waals surface area (Å²) < 4.78 is 0. The number of hydrogen-bond acceptors (Lipinski definition) is 2. The molecule has 0 spiro atoms. The molecule has 1 fully saturated rings. The number of hydrazine groups is 1. The molecular formula is C17H18N2O. The maximum Gasteiger partial charge on any atom is 0.249 e. The Labute approximate surface area is 118 Å². The number of fused-ring (bicyclic) bond motifs is 1. The maximum atomic E-state index is 11.8. The highest BCUT2D eigenvalue weighted by Gasteiger charge is 2.37. The predicted octanol–water partition coefficient (Wildman–Crippen LogP) is 3.15. The van der Waals surface area contributed by atoms with Gasteiger partial charge in [0.1, 0.15) is 0 Å². The molecule has 0 atom stereocenters. The lowest BCUT2D eigenvalue weighted by atomic mass is 9.88. The van der Waals surface area contributed by atoms with Crippen LogP contribution in [-0.4, -0.2) is 5.91 Å². The van der Waals surface area contributed by atoms with Crippen LogP contribution in [0.1, 0.15) is 25.0 Å². The Kier molecular flexibility index (Phi) is 2.78. The molecule has 2 aromatic carbocycles. The Morgan fingerprint density at radius 2 is 1.75 bits per heavy atom. The molecule has 1 amide bonds. The molecule has 3 rings (SSSR count). The first kappa shape index (κ1) is 12.7. The molecule has 1 aliphatic rings. The van der Waals surface area contributed by atoms with Crippen molar-refractivity contribution in [1.82, 2.24) is 10.9 Å². The third-order valence-electron chi connectivity index (χ3n) is 4.00. The fourth-order valence-corrected chi connectivity index (χ4v) is 2.61. The van der Waals surface area contributed by atoms with Crippen molar-refractivity contribution in [2.45, 2.75) is 20.8 Å². The number of carbonyl (C=O) groups is 1. The fourth-order valence-electron chi connectivity index (χ4n) is 2.61. The molecule has 0 aromatic heterocycles. The van der Waals surface area contributed by atoms with Crippen molar-refractivity contribution in [3.8, 4) is 0 Å². The SMILES string of the molecule is Cc1cccc2cccc(/C=C3\NNC(=O)C3(C)C)c12. The molecule has 2 aromatic rings. The standard InChI is InChI=1S/C17H18N2O/c1-11-6-4-7-12-8-5-9-13(15(11)12)10-14-17(2,3)16(20)19-18-14/h4-10,18H,1-3H3,(H,19,20)/b14-10-. The van der Waals surface area contributed by atoms with E-state index in [9.17, 15) is 4.79 Å². The summed E-state index contributed by atoms with van der Waals surface area (Å²) in [5.41, 5.74) is 8.43. The van der Waals surface area contributed by atoms with E-state index >= 15 is 0 Å². The monoisotopic (exact) mass is 266 g/mol. The topological polar surface area (TPSA) is 41.1 Å². The minimum absolute atomic E-state index is 0.000656. The highest BCUT2D eigenvalue weighted by atomic mass is 16.2. The first-order chi connectivity index (χ1) is 9.50. The van der Waals surface area contributed by atoms with Crippen LogP contribution in [0.5, 0.6) is 0 Å². The molecule has 1 aliphatic heterocycles. The van der Waals surface area contributed by atoms with Crippen LogP contribution < -0.4 is 10.9 Å². The van der Waals surface area contributed by atoms with Gasteiger partial charge >= 0.3 is 0 Å². The molecule has 102 valence electrons. The van der Waals surface area contributed by atoms with E-state index in [1.54, 1.807) is 0 Å². The Bertz CT molecular complexity index is 724. The van der Waals surface area contributed by atoms with Gasteiger partial charge in [0.25, 0.3) is 0 Å². The third-order valence-corrected chi connectivity index (χ3v) is 4.00. The first-order valence-electron chi connectivity index (χ1n) is 6.77. The summed E-state index contributed by atoms with van der Waals surface area (Å²) in [5.74, 6) is 0.000656. The summed E-state index contributed by atoms with van der Waals surface area (Å²) in [4.78, 5) is 11.8. The van der Waals surface area contributed by atoms with Crippen molar-refractivity contribution in [3.63, 3.8) is 0 Å². The van der Waals surface area contributed by atoms with Gasteiger partial charge in [0, 0.05) is 5.70 Å². The van der Waals surface area contributed by atoms with Gasteiger partial charge in [0.15, 0.2) is 0 Å². The van der Waals surface area contributed by atoms with Crippen LogP contribution in [0.25, 0.3) is 16.8 Å². The molecule has 0 radical (unpaired) electrons. The lowest BCUT2D eigenvalue weighted by molar-refractivity contribution is -0.125. The van der Waals surface area contributed by atoms with Crippen LogP contribution in [0.4, 0.5) is 0 Å². The van der Waals surface area contributed by atoms with Gasteiger partial charge in [0.05, 0.1) is 5.41 Å². The predicted molar refractivity (Wildman–Crippen MR) is 81.7 cm³/mol. The van der Waals surface area contributed by atoms with Crippen molar-refractivity contribution >= 4 is 22.8 Å². The van der Waals surface area contributed by atoms with Gasteiger partial charge < -0.3 is 5.43 Å². The number of carbonyl (C=O) groups excluding carboxylic acids is 1.